The Morgan fingerprint density at radius 2 is 2.05 bits per heavy atom. The molecule has 0 radical (unpaired) electrons. The van der Waals surface area contributed by atoms with Gasteiger partial charge in [-0.15, -0.1) is 0 Å². The van der Waals surface area contributed by atoms with Gasteiger partial charge in [0.2, 0.25) is 0 Å². The minimum Gasteiger partial charge on any atom is -0.314 e. The third kappa shape index (κ3) is 4.09. The molecule has 2 atom stereocenters. The minimum absolute atomic E-state index is 0.560. The summed E-state index contributed by atoms with van der Waals surface area (Å²) >= 11 is 0. The highest BCUT2D eigenvalue weighted by atomic mass is 15.3. The normalized spacial score (nSPS) is 23.0. The molecule has 1 N–H and O–H groups in total. The highest BCUT2D eigenvalue weighted by Crippen LogP contribution is 2.35. The van der Waals surface area contributed by atoms with E-state index in [0.717, 1.165) is 18.9 Å². The van der Waals surface area contributed by atoms with Gasteiger partial charge in [0, 0.05) is 11.7 Å². The SMILES string of the molecule is CCC1CCCC(n2nc(C)c(CCNC(C)C)c2C)C1. The Hall–Kier alpha value is -0.830. The monoisotopic (exact) mass is 291 g/mol. The van der Waals surface area contributed by atoms with Crippen molar-refractivity contribution in [2.45, 2.75) is 85.2 Å². The molecule has 1 heterocycles. The standard InChI is InChI=1S/C18H33N3/c1-6-16-8-7-9-17(12-16)21-15(5)18(14(4)20-21)10-11-19-13(2)3/h13,16-17,19H,6-12H2,1-5H3. The molecule has 21 heavy (non-hydrogen) atoms. The van der Waals surface area contributed by atoms with E-state index >= 15 is 0 Å². The van der Waals surface area contributed by atoms with Crippen LogP contribution in [0.5, 0.6) is 0 Å². The highest BCUT2D eigenvalue weighted by Gasteiger charge is 2.25. The van der Waals surface area contributed by atoms with E-state index in [4.69, 9.17) is 5.10 Å². The Kier molecular flexibility index (Phi) is 5.86. The number of aryl methyl sites for hydroxylation is 1. The van der Waals surface area contributed by atoms with Crippen LogP contribution in [-0.2, 0) is 6.42 Å². The number of nitrogens with zero attached hydrogens (tertiary/aromatic N) is 2. The molecule has 0 saturated heterocycles. The number of rotatable bonds is 6. The van der Waals surface area contributed by atoms with E-state index in [0.29, 0.717) is 12.1 Å². The Morgan fingerprint density at radius 3 is 2.71 bits per heavy atom. The van der Waals surface area contributed by atoms with Gasteiger partial charge >= 0.3 is 0 Å². The maximum absolute atomic E-state index is 4.89. The Balaban J connectivity index is 2.07. The lowest BCUT2D eigenvalue weighted by atomic mass is 9.84. The van der Waals surface area contributed by atoms with E-state index < -0.39 is 0 Å². The predicted octanol–water partition coefficient (Wildman–Crippen LogP) is 4.18. The van der Waals surface area contributed by atoms with Crippen molar-refractivity contribution < 1.29 is 0 Å². The van der Waals surface area contributed by atoms with Crippen molar-refractivity contribution in [2.75, 3.05) is 6.54 Å². The molecule has 120 valence electrons. The van der Waals surface area contributed by atoms with Crippen molar-refractivity contribution in [3.8, 4) is 0 Å². The molecule has 0 amide bonds. The van der Waals surface area contributed by atoms with Crippen LogP contribution in [0.3, 0.4) is 0 Å². The van der Waals surface area contributed by atoms with Gasteiger partial charge in [0.1, 0.15) is 0 Å². The fourth-order valence-electron chi connectivity index (χ4n) is 3.76. The lowest BCUT2D eigenvalue weighted by molar-refractivity contribution is 0.244. The first-order valence-corrected chi connectivity index (χ1v) is 8.80. The Bertz CT molecular complexity index is 448. The van der Waals surface area contributed by atoms with Crippen LogP contribution in [0.4, 0.5) is 0 Å². The average Bonchev–Trinajstić information content (AvgIpc) is 2.75. The summed E-state index contributed by atoms with van der Waals surface area (Å²) in [6, 6.07) is 1.19. The van der Waals surface area contributed by atoms with Crippen molar-refractivity contribution in [1.82, 2.24) is 15.1 Å². The molecule has 1 aromatic heterocycles. The third-order valence-electron chi connectivity index (χ3n) is 5.08. The topological polar surface area (TPSA) is 29.9 Å². The van der Waals surface area contributed by atoms with Crippen molar-refractivity contribution in [2.24, 2.45) is 5.92 Å². The molecule has 1 aliphatic rings. The van der Waals surface area contributed by atoms with Crippen molar-refractivity contribution in [1.29, 1.82) is 0 Å². The first kappa shape index (κ1) is 16.5. The molecular weight excluding hydrogens is 258 g/mol. The Morgan fingerprint density at radius 1 is 1.29 bits per heavy atom. The summed E-state index contributed by atoms with van der Waals surface area (Å²) in [5.74, 6) is 0.902. The first-order valence-electron chi connectivity index (χ1n) is 8.80. The van der Waals surface area contributed by atoms with Gasteiger partial charge in [-0.1, -0.05) is 40.0 Å². The van der Waals surface area contributed by atoms with Gasteiger partial charge in [-0.3, -0.25) is 4.68 Å². The average molecular weight is 291 g/mol. The minimum atomic E-state index is 0.560. The van der Waals surface area contributed by atoms with Gasteiger partial charge in [-0.2, -0.15) is 5.10 Å². The summed E-state index contributed by atoms with van der Waals surface area (Å²) in [6.45, 7) is 12.2. The molecule has 3 heteroatoms. The maximum Gasteiger partial charge on any atom is 0.0629 e. The van der Waals surface area contributed by atoms with Gasteiger partial charge in [0.15, 0.2) is 0 Å². The van der Waals surface area contributed by atoms with Gasteiger partial charge < -0.3 is 5.32 Å². The maximum atomic E-state index is 4.89. The second-order valence-corrected chi connectivity index (χ2v) is 7.05. The van der Waals surface area contributed by atoms with E-state index in [1.165, 1.54) is 49.1 Å². The second-order valence-electron chi connectivity index (χ2n) is 7.05. The van der Waals surface area contributed by atoms with Crippen molar-refractivity contribution in [3.63, 3.8) is 0 Å². The molecular formula is C18H33N3. The zero-order valence-electron chi connectivity index (χ0n) is 14.6. The summed E-state index contributed by atoms with van der Waals surface area (Å²) in [5, 5.41) is 8.41. The molecule has 0 spiro atoms. The fraction of sp³-hybridized carbons (Fsp3) is 0.833. The molecule has 0 bridgehead atoms. The van der Waals surface area contributed by atoms with Crippen LogP contribution in [-0.4, -0.2) is 22.4 Å². The molecule has 2 unspecified atom stereocenters. The van der Waals surface area contributed by atoms with Gasteiger partial charge in [-0.25, -0.2) is 0 Å². The molecule has 0 aromatic carbocycles. The Labute approximate surface area is 130 Å². The van der Waals surface area contributed by atoms with Crippen molar-refractivity contribution in [3.05, 3.63) is 17.0 Å². The third-order valence-corrected chi connectivity index (χ3v) is 5.08. The van der Waals surface area contributed by atoms with E-state index in [9.17, 15) is 0 Å². The highest BCUT2D eigenvalue weighted by molar-refractivity contribution is 5.25. The van der Waals surface area contributed by atoms with Crippen molar-refractivity contribution >= 4 is 0 Å². The largest absolute Gasteiger partial charge is 0.314 e. The zero-order valence-corrected chi connectivity index (χ0v) is 14.6. The molecule has 1 fully saturated rings. The quantitative estimate of drug-likeness (QED) is 0.852. The summed E-state index contributed by atoms with van der Waals surface area (Å²) in [6.07, 6.45) is 7.83. The van der Waals surface area contributed by atoms with E-state index in [1.54, 1.807) is 0 Å². The lowest BCUT2D eigenvalue weighted by Crippen LogP contribution is -2.25. The van der Waals surface area contributed by atoms with Crippen LogP contribution in [0.15, 0.2) is 0 Å². The zero-order chi connectivity index (χ0) is 15.4. The van der Waals surface area contributed by atoms with E-state index in [1.807, 2.05) is 0 Å². The summed E-state index contributed by atoms with van der Waals surface area (Å²) in [4.78, 5) is 0. The number of hydrogen-bond acceptors (Lipinski definition) is 2. The number of aromatic nitrogens is 2. The molecule has 1 aliphatic carbocycles. The molecule has 2 rings (SSSR count). The predicted molar refractivity (Wildman–Crippen MR) is 89.8 cm³/mol. The number of hydrogen-bond donors (Lipinski definition) is 1. The number of nitrogens with one attached hydrogen (secondary N) is 1. The first-order chi connectivity index (χ1) is 10.0. The molecule has 1 aromatic rings. The van der Waals surface area contributed by atoms with Gasteiger partial charge in [0.25, 0.3) is 0 Å². The van der Waals surface area contributed by atoms with Crippen LogP contribution in [0.25, 0.3) is 0 Å². The van der Waals surface area contributed by atoms with Crippen LogP contribution < -0.4 is 5.32 Å². The smallest absolute Gasteiger partial charge is 0.0629 e. The summed E-state index contributed by atoms with van der Waals surface area (Å²) in [5.41, 5.74) is 4.10. The van der Waals surface area contributed by atoms with Crippen LogP contribution in [0.1, 0.15) is 75.9 Å². The van der Waals surface area contributed by atoms with Gasteiger partial charge in [-0.05, 0) is 51.1 Å². The summed E-state index contributed by atoms with van der Waals surface area (Å²) < 4.78 is 2.35. The second kappa shape index (κ2) is 7.44. The fourth-order valence-corrected chi connectivity index (χ4v) is 3.76. The molecule has 0 aliphatic heterocycles. The van der Waals surface area contributed by atoms with E-state index in [-0.39, 0.29) is 0 Å². The lowest BCUT2D eigenvalue weighted by Gasteiger charge is -2.29. The summed E-state index contributed by atoms with van der Waals surface area (Å²) in [7, 11) is 0. The van der Waals surface area contributed by atoms with Crippen LogP contribution in [0.2, 0.25) is 0 Å². The van der Waals surface area contributed by atoms with Crippen LogP contribution in [0, 0.1) is 19.8 Å². The van der Waals surface area contributed by atoms with E-state index in [2.05, 4.69) is 44.6 Å². The van der Waals surface area contributed by atoms with Crippen LogP contribution >= 0.6 is 0 Å². The van der Waals surface area contributed by atoms with Gasteiger partial charge in [0.05, 0.1) is 11.7 Å². The molecule has 3 nitrogen and oxygen atoms in total. The molecule has 1 saturated carbocycles.